The van der Waals surface area contributed by atoms with Crippen molar-refractivity contribution in [3.05, 3.63) is 11.9 Å². The molecule has 5 nitrogen and oxygen atoms in total. The highest BCUT2D eigenvalue weighted by Gasteiger charge is 2.13. The van der Waals surface area contributed by atoms with Crippen molar-refractivity contribution in [2.45, 2.75) is 33.8 Å². The number of nitrogens with two attached hydrogens (primary N) is 1. The van der Waals surface area contributed by atoms with Crippen molar-refractivity contribution in [2.24, 2.45) is 11.8 Å². The molecule has 1 heterocycles. The van der Waals surface area contributed by atoms with Crippen molar-refractivity contribution in [2.75, 3.05) is 5.43 Å². The van der Waals surface area contributed by atoms with Crippen LogP contribution < -0.4 is 16.0 Å². The summed E-state index contributed by atoms with van der Waals surface area (Å²) in [6.07, 6.45) is 1.55. The lowest BCUT2D eigenvalue weighted by Crippen LogP contribution is -2.20. The van der Waals surface area contributed by atoms with Crippen LogP contribution in [0.5, 0.6) is 5.88 Å². The molecule has 1 aromatic rings. The molecule has 0 radical (unpaired) electrons. The molecule has 5 heteroatoms. The summed E-state index contributed by atoms with van der Waals surface area (Å²) < 4.78 is 5.70. The Morgan fingerprint density at radius 2 is 2.00 bits per heavy atom. The fourth-order valence-electron chi connectivity index (χ4n) is 1.01. The fourth-order valence-corrected chi connectivity index (χ4v) is 1.01. The molecule has 84 valence electrons. The Kier molecular flexibility index (Phi) is 3.85. The van der Waals surface area contributed by atoms with E-state index in [4.69, 9.17) is 10.6 Å². The lowest BCUT2D eigenvalue weighted by Gasteiger charge is -2.18. The summed E-state index contributed by atoms with van der Waals surface area (Å²) in [6, 6.07) is 0. The van der Waals surface area contributed by atoms with Gasteiger partial charge in [-0.3, -0.25) is 0 Å². The molecule has 0 aliphatic carbocycles. The highest BCUT2D eigenvalue weighted by Crippen LogP contribution is 2.21. The van der Waals surface area contributed by atoms with Gasteiger partial charge in [0.25, 0.3) is 0 Å². The topological polar surface area (TPSA) is 73.1 Å². The van der Waals surface area contributed by atoms with Crippen molar-refractivity contribution in [1.82, 2.24) is 9.97 Å². The van der Waals surface area contributed by atoms with E-state index in [-0.39, 0.29) is 6.10 Å². The summed E-state index contributed by atoms with van der Waals surface area (Å²) >= 11 is 0. The Morgan fingerprint density at radius 1 is 1.33 bits per heavy atom. The number of nitrogens with one attached hydrogen (secondary N) is 1. The van der Waals surface area contributed by atoms with Crippen LogP contribution in [0.4, 0.5) is 5.82 Å². The van der Waals surface area contributed by atoms with E-state index < -0.39 is 0 Å². The van der Waals surface area contributed by atoms with Gasteiger partial charge in [0, 0.05) is 0 Å². The second kappa shape index (κ2) is 4.93. The number of ether oxygens (including phenoxy) is 1. The third kappa shape index (κ3) is 2.79. The number of hydrogen-bond donors (Lipinski definition) is 2. The SMILES string of the molecule is Cc1c(NN)ncnc1OC(C)C(C)C. The number of aromatic nitrogens is 2. The second-order valence-electron chi connectivity index (χ2n) is 3.86. The Bertz CT molecular complexity index is 327. The third-order valence-electron chi connectivity index (χ3n) is 2.41. The first-order chi connectivity index (χ1) is 7.06. The average molecular weight is 210 g/mol. The molecule has 0 amide bonds. The lowest BCUT2D eigenvalue weighted by atomic mass is 10.1. The molecule has 1 atom stereocenters. The van der Waals surface area contributed by atoms with Gasteiger partial charge in [0.05, 0.1) is 11.7 Å². The van der Waals surface area contributed by atoms with Gasteiger partial charge in [-0.1, -0.05) is 13.8 Å². The molecule has 0 fully saturated rings. The predicted octanol–water partition coefficient (Wildman–Crippen LogP) is 1.49. The van der Waals surface area contributed by atoms with E-state index in [1.807, 2.05) is 13.8 Å². The Labute approximate surface area is 90.0 Å². The number of hydrazine groups is 1. The van der Waals surface area contributed by atoms with Gasteiger partial charge in [0.1, 0.15) is 12.1 Å². The maximum atomic E-state index is 5.70. The molecule has 0 aliphatic heterocycles. The Morgan fingerprint density at radius 3 is 2.53 bits per heavy atom. The summed E-state index contributed by atoms with van der Waals surface area (Å²) in [5.41, 5.74) is 3.33. The van der Waals surface area contributed by atoms with Crippen molar-refractivity contribution < 1.29 is 4.74 Å². The molecule has 0 aromatic carbocycles. The summed E-state index contributed by atoms with van der Waals surface area (Å²) in [4.78, 5) is 8.06. The third-order valence-corrected chi connectivity index (χ3v) is 2.41. The zero-order valence-corrected chi connectivity index (χ0v) is 9.61. The second-order valence-corrected chi connectivity index (χ2v) is 3.86. The standard InChI is InChI=1S/C10H18N4O/c1-6(2)8(4)15-10-7(3)9(14-11)12-5-13-10/h5-6,8H,11H2,1-4H3,(H,12,13,14). The average Bonchev–Trinajstić information content (AvgIpc) is 2.21. The van der Waals surface area contributed by atoms with Crippen molar-refractivity contribution in [3.63, 3.8) is 0 Å². The van der Waals surface area contributed by atoms with E-state index in [0.29, 0.717) is 17.6 Å². The van der Waals surface area contributed by atoms with Crippen LogP contribution in [-0.4, -0.2) is 16.1 Å². The van der Waals surface area contributed by atoms with Gasteiger partial charge < -0.3 is 10.2 Å². The number of nitrogen functional groups attached to an aromatic ring is 1. The number of hydrogen-bond acceptors (Lipinski definition) is 5. The van der Waals surface area contributed by atoms with E-state index in [9.17, 15) is 0 Å². The van der Waals surface area contributed by atoms with E-state index in [2.05, 4.69) is 29.2 Å². The molecule has 0 spiro atoms. The van der Waals surface area contributed by atoms with E-state index in [1.165, 1.54) is 6.33 Å². The van der Waals surface area contributed by atoms with E-state index >= 15 is 0 Å². The largest absolute Gasteiger partial charge is 0.474 e. The summed E-state index contributed by atoms with van der Waals surface area (Å²) in [7, 11) is 0. The minimum absolute atomic E-state index is 0.115. The molecule has 1 unspecified atom stereocenters. The van der Waals surface area contributed by atoms with Crippen LogP contribution in [0.3, 0.4) is 0 Å². The smallest absolute Gasteiger partial charge is 0.221 e. The number of nitrogens with zero attached hydrogens (tertiary/aromatic N) is 2. The summed E-state index contributed by atoms with van der Waals surface area (Å²) in [6.45, 7) is 8.09. The Balaban J connectivity index is 2.86. The van der Waals surface area contributed by atoms with Gasteiger partial charge in [-0.15, -0.1) is 0 Å². The Hall–Kier alpha value is -1.36. The maximum Gasteiger partial charge on any atom is 0.221 e. The van der Waals surface area contributed by atoms with Crippen LogP contribution in [-0.2, 0) is 0 Å². The molecule has 0 saturated heterocycles. The van der Waals surface area contributed by atoms with Gasteiger partial charge in [-0.2, -0.15) is 0 Å². The van der Waals surface area contributed by atoms with Crippen molar-refractivity contribution >= 4 is 5.82 Å². The molecule has 0 saturated carbocycles. The van der Waals surface area contributed by atoms with Crippen molar-refractivity contribution in [3.8, 4) is 5.88 Å². The maximum absolute atomic E-state index is 5.70. The minimum atomic E-state index is 0.115. The van der Waals surface area contributed by atoms with Gasteiger partial charge in [0.2, 0.25) is 5.88 Å². The van der Waals surface area contributed by atoms with Gasteiger partial charge >= 0.3 is 0 Å². The first-order valence-electron chi connectivity index (χ1n) is 5.01. The van der Waals surface area contributed by atoms with Crippen LogP contribution in [0, 0.1) is 12.8 Å². The van der Waals surface area contributed by atoms with Crippen LogP contribution >= 0.6 is 0 Å². The molecule has 15 heavy (non-hydrogen) atoms. The summed E-state index contributed by atoms with van der Waals surface area (Å²) in [5, 5.41) is 0. The molecule has 3 N–H and O–H groups in total. The van der Waals surface area contributed by atoms with Crippen LogP contribution in [0.15, 0.2) is 6.33 Å². The van der Waals surface area contributed by atoms with E-state index in [0.717, 1.165) is 5.56 Å². The van der Waals surface area contributed by atoms with Gasteiger partial charge in [0.15, 0.2) is 0 Å². The van der Waals surface area contributed by atoms with Crippen LogP contribution in [0.25, 0.3) is 0 Å². The number of anilines is 1. The molecule has 1 aromatic heterocycles. The van der Waals surface area contributed by atoms with Gasteiger partial charge in [-0.25, -0.2) is 15.8 Å². The molecule has 1 rings (SSSR count). The quantitative estimate of drug-likeness (QED) is 0.582. The van der Waals surface area contributed by atoms with Crippen LogP contribution in [0.2, 0.25) is 0 Å². The fraction of sp³-hybridized carbons (Fsp3) is 0.600. The first-order valence-corrected chi connectivity index (χ1v) is 5.01. The minimum Gasteiger partial charge on any atom is -0.474 e. The zero-order valence-electron chi connectivity index (χ0n) is 9.61. The predicted molar refractivity (Wildman–Crippen MR) is 59.5 cm³/mol. The monoisotopic (exact) mass is 210 g/mol. The molecular weight excluding hydrogens is 192 g/mol. The van der Waals surface area contributed by atoms with Crippen molar-refractivity contribution in [1.29, 1.82) is 0 Å². The van der Waals surface area contributed by atoms with Crippen LogP contribution in [0.1, 0.15) is 26.3 Å². The summed E-state index contributed by atoms with van der Waals surface area (Å²) in [5.74, 6) is 6.93. The molecule has 0 aliphatic rings. The lowest BCUT2D eigenvalue weighted by molar-refractivity contribution is 0.162. The van der Waals surface area contributed by atoms with Gasteiger partial charge in [-0.05, 0) is 19.8 Å². The van der Waals surface area contributed by atoms with E-state index in [1.54, 1.807) is 0 Å². The molecule has 0 bridgehead atoms. The number of rotatable bonds is 4. The zero-order chi connectivity index (χ0) is 11.4. The highest BCUT2D eigenvalue weighted by atomic mass is 16.5. The molecular formula is C10H18N4O. The normalized spacial score (nSPS) is 12.7. The highest BCUT2D eigenvalue weighted by molar-refractivity contribution is 5.46. The first kappa shape index (κ1) is 11.7.